The second-order valence-corrected chi connectivity index (χ2v) is 9.43. The maximum Gasteiger partial charge on any atom is 0.286 e. The molecule has 1 saturated heterocycles. The van der Waals surface area contributed by atoms with Gasteiger partial charge in [0.05, 0.1) is 18.8 Å². The molecule has 1 aliphatic heterocycles. The first-order chi connectivity index (χ1) is 10.3. The zero-order chi connectivity index (χ0) is 17.6. The zero-order valence-electron chi connectivity index (χ0n) is 15.8. The van der Waals surface area contributed by atoms with Crippen molar-refractivity contribution in [1.82, 2.24) is 0 Å². The highest BCUT2D eigenvalue weighted by Crippen LogP contribution is 2.40. The molecule has 0 aromatic heterocycles. The molecule has 0 spiro atoms. The number of rotatable bonds is 0. The average Bonchev–Trinajstić information content (AvgIpc) is 2.36. The molecule has 2 rings (SSSR count). The van der Waals surface area contributed by atoms with Crippen LogP contribution in [-0.2, 0) is 14.3 Å². The third-order valence-electron chi connectivity index (χ3n) is 4.13. The summed E-state index contributed by atoms with van der Waals surface area (Å²) >= 11 is 0. The second-order valence-electron chi connectivity index (χ2n) is 9.43. The van der Waals surface area contributed by atoms with Crippen molar-refractivity contribution in [3.05, 3.63) is 34.8 Å². The van der Waals surface area contributed by atoms with Crippen molar-refractivity contribution < 1.29 is 14.3 Å². The number of Topliss-reactive ketones (excluding diaryl/α,β-unsaturated/α-hetero) is 1. The third kappa shape index (κ3) is 3.88. The number of ketones is 1. The molecule has 2 aliphatic rings. The van der Waals surface area contributed by atoms with Gasteiger partial charge in [-0.05, 0) is 23.0 Å². The fourth-order valence-corrected chi connectivity index (χ4v) is 2.63. The highest BCUT2D eigenvalue weighted by Gasteiger charge is 2.36. The Bertz CT molecular complexity index is 554. The van der Waals surface area contributed by atoms with Crippen LogP contribution in [0.1, 0.15) is 55.4 Å². The van der Waals surface area contributed by atoms with E-state index in [0.717, 1.165) is 16.7 Å². The topological polar surface area (TPSA) is 35.5 Å². The van der Waals surface area contributed by atoms with Crippen molar-refractivity contribution >= 4 is 5.78 Å². The van der Waals surface area contributed by atoms with E-state index in [0.29, 0.717) is 19.2 Å². The minimum atomic E-state index is -0.221. The predicted octanol–water partition coefficient (Wildman–Crippen LogP) is 4.80. The molecule has 0 N–H and O–H groups in total. The van der Waals surface area contributed by atoms with Crippen molar-refractivity contribution in [2.45, 2.75) is 55.4 Å². The summed E-state index contributed by atoms with van der Waals surface area (Å²) in [6.07, 6.45) is 3.87. The molecule has 0 aromatic carbocycles. The molecule has 0 unspecified atom stereocenters. The predicted molar refractivity (Wildman–Crippen MR) is 92.8 cm³/mol. The first-order valence-corrected chi connectivity index (χ1v) is 8.30. The van der Waals surface area contributed by atoms with Crippen LogP contribution in [0.5, 0.6) is 0 Å². The lowest BCUT2D eigenvalue weighted by Crippen LogP contribution is -2.32. The zero-order valence-corrected chi connectivity index (χ0v) is 15.8. The number of carbonyl (C=O) groups is 1. The molecule has 0 amide bonds. The van der Waals surface area contributed by atoms with Gasteiger partial charge in [-0.3, -0.25) is 4.79 Å². The van der Waals surface area contributed by atoms with Crippen molar-refractivity contribution in [3.63, 3.8) is 0 Å². The summed E-state index contributed by atoms with van der Waals surface area (Å²) in [6.45, 7) is 17.9. The van der Waals surface area contributed by atoms with Gasteiger partial charge in [0.2, 0.25) is 0 Å². The van der Waals surface area contributed by atoms with Crippen molar-refractivity contribution in [2.75, 3.05) is 13.2 Å². The number of hydrogen-bond acceptors (Lipinski definition) is 3. The molecular formula is C20H30O3. The Kier molecular flexibility index (Phi) is 4.29. The molecule has 0 atom stereocenters. The summed E-state index contributed by atoms with van der Waals surface area (Å²) in [4.78, 5) is 12.9. The molecule has 128 valence electrons. The van der Waals surface area contributed by atoms with Crippen molar-refractivity contribution in [2.24, 2.45) is 16.2 Å². The fraction of sp³-hybridized carbons (Fsp3) is 0.650. The normalized spacial score (nSPS) is 22.2. The molecule has 1 heterocycles. The molecule has 0 bridgehead atoms. The largest absolute Gasteiger partial charge is 0.464 e. The molecule has 0 radical (unpaired) electrons. The third-order valence-corrected chi connectivity index (χ3v) is 4.13. The quantitative estimate of drug-likeness (QED) is 0.643. The smallest absolute Gasteiger partial charge is 0.286 e. The molecular weight excluding hydrogens is 288 g/mol. The second kappa shape index (κ2) is 5.54. The summed E-state index contributed by atoms with van der Waals surface area (Å²) in [5, 5.41) is 0. The Labute approximate surface area is 140 Å². The van der Waals surface area contributed by atoms with E-state index in [-0.39, 0.29) is 22.0 Å². The maximum atomic E-state index is 12.9. The minimum absolute atomic E-state index is 0.0156. The Morgan fingerprint density at radius 1 is 0.870 bits per heavy atom. The minimum Gasteiger partial charge on any atom is -0.464 e. The molecule has 23 heavy (non-hydrogen) atoms. The van der Waals surface area contributed by atoms with Crippen LogP contribution in [0.25, 0.3) is 0 Å². The van der Waals surface area contributed by atoms with E-state index in [9.17, 15) is 4.79 Å². The molecule has 1 aliphatic carbocycles. The van der Waals surface area contributed by atoms with Crippen LogP contribution >= 0.6 is 0 Å². The van der Waals surface area contributed by atoms with Crippen LogP contribution in [0.2, 0.25) is 0 Å². The molecule has 1 fully saturated rings. The van der Waals surface area contributed by atoms with E-state index in [2.05, 4.69) is 55.4 Å². The van der Waals surface area contributed by atoms with Crippen molar-refractivity contribution in [1.29, 1.82) is 0 Å². The fourth-order valence-electron chi connectivity index (χ4n) is 2.63. The van der Waals surface area contributed by atoms with Gasteiger partial charge in [-0.1, -0.05) is 55.4 Å². The summed E-state index contributed by atoms with van der Waals surface area (Å²) in [5.41, 5.74) is 2.06. The van der Waals surface area contributed by atoms with E-state index in [1.165, 1.54) is 0 Å². The lowest BCUT2D eigenvalue weighted by atomic mass is 9.72. The van der Waals surface area contributed by atoms with Crippen LogP contribution in [-0.4, -0.2) is 19.0 Å². The van der Waals surface area contributed by atoms with E-state index in [4.69, 9.17) is 9.47 Å². The number of carbonyl (C=O) groups excluding carboxylic acids is 1. The van der Waals surface area contributed by atoms with Crippen LogP contribution in [0.3, 0.4) is 0 Å². The van der Waals surface area contributed by atoms with Gasteiger partial charge in [0.1, 0.15) is 0 Å². The van der Waals surface area contributed by atoms with E-state index in [1.54, 1.807) is 0 Å². The van der Waals surface area contributed by atoms with E-state index >= 15 is 0 Å². The lowest BCUT2D eigenvalue weighted by Gasteiger charge is -2.34. The van der Waals surface area contributed by atoms with Gasteiger partial charge in [0.25, 0.3) is 5.95 Å². The highest BCUT2D eigenvalue weighted by atomic mass is 16.7. The van der Waals surface area contributed by atoms with Gasteiger partial charge in [0, 0.05) is 16.6 Å². The average molecular weight is 318 g/mol. The Balaban J connectivity index is 2.51. The van der Waals surface area contributed by atoms with Crippen LogP contribution in [0.15, 0.2) is 34.8 Å². The molecule has 3 nitrogen and oxygen atoms in total. The first-order valence-electron chi connectivity index (χ1n) is 8.30. The van der Waals surface area contributed by atoms with Crippen LogP contribution in [0, 0.1) is 16.2 Å². The van der Waals surface area contributed by atoms with Gasteiger partial charge < -0.3 is 9.47 Å². The Hall–Kier alpha value is -1.51. The molecule has 3 heteroatoms. The maximum absolute atomic E-state index is 12.9. The first kappa shape index (κ1) is 17.8. The van der Waals surface area contributed by atoms with Gasteiger partial charge in [-0.15, -0.1) is 0 Å². The standard InChI is InChI=1S/C20H30O3/c1-18(2,3)14-9-13(10-15(16(14)21)19(4,5)6)17-22-11-20(7,8)12-23-17/h9-10H,11-12H2,1-8H3. The summed E-state index contributed by atoms with van der Waals surface area (Å²) < 4.78 is 11.7. The monoisotopic (exact) mass is 318 g/mol. The summed E-state index contributed by atoms with van der Waals surface area (Å²) in [6, 6.07) is 0. The summed E-state index contributed by atoms with van der Waals surface area (Å²) in [5.74, 6) is 0.672. The van der Waals surface area contributed by atoms with Crippen LogP contribution in [0.4, 0.5) is 0 Å². The number of hydrogen-bond donors (Lipinski definition) is 0. The Morgan fingerprint density at radius 2 is 1.26 bits per heavy atom. The lowest BCUT2D eigenvalue weighted by molar-refractivity contribution is -0.114. The van der Waals surface area contributed by atoms with E-state index < -0.39 is 0 Å². The molecule has 0 saturated carbocycles. The molecule has 0 aromatic rings. The van der Waals surface area contributed by atoms with E-state index in [1.807, 2.05) is 12.2 Å². The van der Waals surface area contributed by atoms with Crippen molar-refractivity contribution in [3.8, 4) is 0 Å². The van der Waals surface area contributed by atoms with Crippen LogP contribution < -0.4 is 0 Å². The number of allylic oxidation sites excluding steroid dienone is 5. The van der Waals surface area contributed by atoms with Gasteiger partial charge in [-0.2, -0.15) is 0 Å². The van der Waals surface area contributed by atoms with Gasteiger partial charge >= 0.3 is 0 Å². The highest BCUT2D eigenvalue weighted by molar-refractivity contribution is 6.11. The van der Waals surface area contributed by atoms with Gasteiger partial charge in [-0.25, -0.2) is 0 Å². The Morgan fingerprint density at radius 3 is 1.61 bits per heavy atom. The number of ether oxygens (including phenoxy) is 2. The summed E-state index contributed by atoms with van der Waals surface area (Å²) in [7, 11) is 0. The van der Waals surface area contributed by atoms with Gasteiger partial charge in [0.15, 0.2) is 5.78 Å². The SMILES string of the molecule is CC1(C)COC(=C2C=C(C(C)(C)C)C(=O)C(C(C)(C)C)=C2)OC1.